The van der Waals surface area contributed by atoms with Crippen LogP contribution >= 0.6 is 27.3 Å². The van der Waals surface area contributed by atoms with E-state index in [0.29, 0.717) is 4.88 Å². The molecule has 26 heavy (non-hydrogen) atoms. The van der Waals surface area contributed by atoms with E-state index in [9.17, 15) is 4.79 Å². The number of fused-ring (bicyclic) bond motifs is 1. The Morgan fingerprint density at radius 3 is 2.62 bits per heavy atom. The summed E-state index contributed by atoms with van der Waals surface area (Å²) in [6, 6.07) is 19.5. The third-order valence-electron chi connectivity index (χ3n) is 4.03. The number of hydrogen-bond acceptors (Lipinski definition) is 4. The van der Waals surface area contributed by atoms with Crippen LogP contribution in [0.5, 0.6) is 0 Å². The van der Waals surface area contributed by atoms with E-state index in [0.717, 1.165) is 31.6 Å². The van der Waals surface area contributed by atoms with Crippen molar-refractivity contribution in [1.29, 1.82) is 0 Å². The van der Waals surface area contributed by atoms with Gasteiger partial charge in [-0.15, -0.1) is 11.3 Å². The number of ether oxygens (including phenoxy) is 1. The first-order valence-electron chi connectivity index (χ1n) is 8.08. The molecule has 0 aliphatic carbocycles. The van der Waals surface area contributed by atoms with Gasteiger partial charge in [-0.05, 0) is 42.8 Å². The molecule has 2 aromatic heterocycles. The lowest BCUT2D eigenvalue weighted by Gasteiger charge is -2.04. The minimum absolute atomic E-state index is 0.254. The summed E-state index contributed by atoms with van der Waals surface area (Å²) < 4.78 is 8.34. The number of halogens is 1. The van der Waals surface area contributed by atoms with E-state index in [2.05, 4.69) is 21.0 Å². The molecule has 0 radical (unpaired) electrons. The topological polar surface area (TPSA) is 44.1 Å². The average Bonchev–Trinajstić information content (AvgIpc) is 3.23. The molecule has 0 saturated carbocycles. The number of benzene rings is 2. The zero-order valence-electron chi connectivity index (χ0n) is 14.0. The van der Waals surface area contributed by atoms with Crippen LogP contribution in [0, 0.1) is 6.92 Å². The van der Waals surface area contributed by atoms with E-state index < -0.39 is 0 Å². The summed E-state index contributed by atoms with van der Waals surface area (Å²) >= 11 is 4.80. The second kappa shape index (κ2) is 7.05. The maximum absolute atomic E-state index is 12.5. The highest BCUT2D eigenvalue weighted by atomic mass is 79.9. The molecule has 0 bridgehead atoms. The lowest BCUT2D eigenvalue weighted by Crippen LogP contribution is -2.03. The molecule has 0 spiro atoms. The molecule has 0 N–H and O–H groups in total. The molecule has 4 aromatic rings. The fourth-order valence-corrected chi connectivity index (χ4v) is 4.03. The van der Waals surface area contributed by atoms with Gasteiger partial charge in [-0.1, -0.05) is 46.3 Å². The molecule has 6 heteroatoms. The summed E-state index contributed by atoms with van der Waals surface area (Å²) in [5.41, 5.74) is 2.82. The second-order valence-electron chi connectivity index (χ2n) is 5.86. The number of carbonyl (C=O) groups excluding carboxylic acids is 1. The van der Waals surface area contributed by atoms with Gasteiger partial charge >= 0.3 is 5.97 Å². The molecule has 4 nitrogen and oxygen atoms in total. The third kappa shape index (κ3) is 3.30. The van der Waals surface area contributed by atoms with Crippen LogP contribution in [0.25, 0.3) is 15.9 Å². The summed E-state index contributed by atoms with van der Waals surface area (Å²) in [6.07, 6.45) is 0. The first kappa shape index (κ1) is 17.0. The molecular formula is C20H15BrN2O2S. The first-order chi connectivity index (χ1) is 12.6. The van der Waals surface area contributed by atoms with E-state index in [1.165, 1.54) is 11.3 Å². The molecule has 2 aromatic carbocycles. The summed E-state index contributed by atoms with van der Waals surface area (Å²) in [6.45, 7) is 2.20. The van der Waals surface area contributed by atoms with Crippen molar-refractivity contribution in [2.75, 3.05) is 0 Å². The quantitative estimate of drug-likeness (QED) is 0.403. The average molecular weight is 427 g/mol. The fraction of sp³-hybridized carbons (Fsp3) is 0.100. The van der Waals surface area contributed by atoms with Gasteiger partial charge in [-0.25, -0.2) is 9.48 Å². The van der Waals surface area contributed by atoms with E-state index in [4.69, 9.17) is 4.74 Å². The summed E-state index contributed by atoms with van der Waals surface area (Å²) in [7, 11) is 0. The van der Waals surface area contributed by atoms with Gasteiger partial charge in [0.25, 0.3) is 0 Å². The van der Waals surface area contributed by atoms with Crippen LogP contribution in [0.1, 0.15) is 20.9 Å². The number of nitrogens with zero attached hydrogens (tertiary/aromatic N) is 2. The Labute approximate surface area is 163 Å². The molecule has 0 aliphatic heterocycles. The SMILES string of the molecule is Cc1nn(-c2ccccc2)c2sc(C(=O)OCc3ccc(Br)cc3)cc12. The van der Waals surface area contributed by atoms with Crippen molar-refractivity contribution in [3.8, 4) is 5.69 Å². The second-order valence-corrected chi connectivity index (χ2v) is 7.81. The molecule has 0 fully saturated rings. The van der Waals surface area contributed by atoms with E-state index in [1.807, 2.05) is 72.3 Å². The molecular weight excluding hydrogens is 412 g/mol. The number of carbonyl (C=O) groups is 1. The highest BCUT2D eigenvalue weighted by molar-refractivity contribution is 9.10. The van der Waals surface area contributed by atoms with Crippen molar-refractivity contribution in [3.63, 3.8) is 0 Å². The van der Waals surface area contributed by atoms with Crippen molar-refractivity contribution < 1.29 is 9.53 Å². The number of rotatable bonds is 4. The molecule has 4 rings (SSSR count). The van der Waals surface area contributed by atoms with Crippen LogP contribution in [0.4, 0.5) is 0 Å². The molecule has 0 saturated heterocycles. The minimum atomic E-state index is -0.312. The number of aryl methyl sites for hydroxylation is 1. The summed E-state index contributed by atoms with van der Waals surface area (Å²) in [4.78, 5) is 14.0. The summed E-state index contributed by atoms with van der Waals surface area (Å²) in [5.74, 6) is -0.312. The largest absolute Gasteiger partial charge is 0.457 e. The van der Waals surface area contributed by atoms with Gasteiger partial charge < -0.3 is 4.74 Å². The number of thiophene rings is 1. The highest BCUT2D eigenvalue weighted by Crippen LogP contribution is 2.31. The number of para-hydroxylation sites is 1. The number of hydrogen-bond donors (Lipinski definition) is 0. The van der Waals surface area contributed by atoms with Gasteiger partial charge in [0.15, 0.2) is 0 Å². The predicted molar refractivity (Wildman–Crippen MR) is 107 cm³/mol. The molecule has 130 valence electrons. The van der Waals surface area contributed by atoms with Crippen molar-refractivity contribution in [2.24, 2.45) is 0 Å². The minimum Gasteiger partial charge on any atom is -0.457 e. The highest BCUT2D eigenvalue weighted by Gasteiger charge is 2.18. The molecule has 0 amide bonds. The van der Waals surface area contributed by atoms with Gasteiger partial charge in [0.1, 0.15) is 16.3 Å². The predicted octanol–water partition coefficient (Wildman–Crippen LogP) is 5.51. The van der Waals surface area contributed by atoms with E-state index in [-0.39, 0.29) is 12.6 Å². The zero-order valence-corrected chi connectivity index (χ0v) is 16.4. The van der Waals surface area contributed by atoms with E-state index >= 15 is 0 Å². The van der Waals surface area contributed by atoms with Crippen LogP contribution in [0.2, 0.25) is 0 Å². The monoisotopic (exact) mass is 426 g/mol. The van der Waals surface area contributed by atoms with Gasteiger partial charge in [0.2, 0.25) is 0 Å². The smallest absolute Gasteiger partial charge is 0.348 e. The Kier molecular flexibility index (Phi) is 4.61. The van der Waals surface area contributed by atoms with Crippen LogP contribution in [-0.4, -0.2) is 15.7 Å². The van der Waals surface area contributed by atoms with Gasteiger partial charge in [-0.2, -0.15) is 5.10 Å². The van der Waals surface area contributed by atoms with Crippen LogP contribution in [-0.2, 0) is 11.3 Å². The van der Waals surface area contributed by atoms with Gasteiger partial charge in [-0.3, -0.25) is 0 Å². The lowest BCUT2D eigenvalue weighted by molar-refractivity contribution is 0.0478. The third-order valence-corrected chi connectivity index (χ3v) is 5.65. The van der Waals surface area contributed by atoms with Crippen molar-refractivity contribution in [1.82, 2.24) is 9.78 Å². The normalized spacial score (nSPS) is 11.0. The van der Waals surface area contributed by atoms with Crippen LogP contribution in [0.15, 0.2) is 65.1 Å². The maximum atomic E-state index is 12.5. The number of aromatic nitrogens is 2. The lowest BCUT2D eigenvalue weighted by atomic mass is 10.2. The van der Waals surface area contributed by atoms with Crippen molar-refractivity contribution in [3.05, 3.63) is 81.3 Å². The Hall–Kier alpha value is -2.44. The van der Waals surface area contributed by atoms with Gasteiger partial charge in [0.05, 0.1) is 11.4 Å². The van der Waals surface area contributed by atoms with Crippen LogP contribution in [0.3, 0.4) is 0 Å². The zero-order chi connectivity index (χ0) is 18.1. The van der Waals surface area contributed by atoms with Crippen molar-refractivity contribution in [2.45, 2.75) is 13.5 Å². The van der Waals surface area contributed by atoms with Gasteiger partial charge in [0, 0.05) is 9.86 Å². The number of esters is 1. The Balaban J connectivity index is 1.59. The molecule has 0 aliphatic rings. The van der Waals surface area contributed by atoms with E-state index in [1.54, 1.807) is 0 Å². The fourth-order valence-electron chi connectivity index (χ4n) is 2.69. The summed E-state index contributed by atoms with van der Waals surface area (Å²) in [5, 5.41) is 5.57. The molecule has 2 heterocycles. The standard InChI is InChI=1S/C20H15BrN2O2S/c1-13-17-11-18(20(24)25-12-14-7-9-15(21)10-8-14)26-19(17)23(22-13)16-5-3-2-4-6-16/h2-11H,12H2,1H3. The Morgan fingerprint density at radius 2 is 1.88 bits per heavy atom. The molecule has 0 atom stereocenters. The van der Waals surface area contributed by atoms with Crippen molar-refractivity contribution >= 4 is 43.5 Å². The molecule has 0 unspecified atom stereocenters. The first-order valence-corrected chi connectivity index (χ1v) is 9.69. The Bertz CT molecular complexity index is 1070. The maximum Gasteiger partial charge on any atom is 0.348 e. The van der Waals surface area contributed by atoms with Crippen LogP contribution < -0.4 is 0 Å². The Morgan fingerprint density at radius 1 is 1.15 bits per heavy atom.